The van der Waals surface area contributed by atoms with Gasteiger partial charge in [-0.05, 0) is 5.56 Å². The number of benzene rings is 1. The molecule has 10 heteroatoms. The van der Waals surface area contributed by atoms with Crippen LogP contribution in [0.3, 0.4) is 0 Å². The molecule has 2 atom stereocenters. The highest BCUT2D eigenvalue weighted by atomic mass is 32.1. The van der Waals surface area contributed by atoms with Crippen molar-refractivity contribution in [2.45, 2.75) is 31.7 Å². The van der Waals surface area contributed by atoms with Gasteiger partial charge in [-0.2, -0.15) is 0 Å². The molecule has 3 aromatic rings. The summed E-state index contributed by atoms with van der Waals surface area (Å²) in [6.07, 6.45) is 0.627. The summed E-state index contributed by atoms with van der Waals surface area (Å²) in [5, 5.41) is 12.3. The van der Waals surface area contributed by atoms with Crippen LogP contribution in [0, 0.1) is 0 Å². The molecule has 1 N–H and O–H groups in total. The molecule has 3 heterocycles. The monoisotopic (exact) mass is 414 g/mol. The summed E-state index contributed by atoms with van der Waals surface area (Å²) in [5.74, 6) is -0.636. The number of carbonyl (C=O) groups excluding carboxylic acids is 2. The molecule has 0 aliphatic carbocycles. The van der Waals surface area contributed by atoms with Gasteiger partial charge in [0.05, 0.1) is 30.8 Å². The van der Waals surface area contributed by atoms with Gasteiger partial charge in [-0.1, -0.05) is 35.5 Å². The molecule has 4 rings (SSSR count). The predicted octanol–water partition coefficient (Wildman–Crippen LogP) is 1.92. The van der Waals surface area contributed by atoms with E-state index in [2.05, 4.69) is 20.6 Å². The van der Waals surface area contributed by atoms with Crippen LogP contribution >= 0.6 is 11.3 Å². The fourth-order valence-electron chi connectivity index (χ4n) is 3.32. The maximum absolute atomic E-state index is 14.0. The molecule has 0 saturated carbocycles. The first-order chi connectivity index (χ1) is 14.1. The second kappa shape index (κ2) is 8.48. The number of hydrogen-bond donors (Lipinski definition) is 1. The standard InChI is InChI=1S/C19H19FN6O2S/c20-14-6-15(26(8-14)19(28)17-11-29-12-22-17)9-25-10-16(23-24-25)18(27)21-7-13-4-2-1-3-5-13/h1-5,10-12,14-15H,6-9H2,(H,21,27). The number of halogens is 1. The quantitative estimate of drug-likeness (QED) is 0.665. The second-order valence-corrected chi connectivity index (χ2v) is 7.53. The lowest BCUT2D eigenvalue weighted by molar-refractivity contribution is 0.0709. The number of nitrogens with zero attached hydrogens (tertiary/aromatic N) is 5. The molecule has 1 aromatic carbocycles. The van der Waals surface area contributed by atoms with E-state index in [9.17, 15) is 14.0 Å². The van der Waals surface area contributed by atoms with Gasteiger partial charge in [0.1, 0.15) is 11.9 Å². The van der Waals surface area contributed by atoms with Crippen LogP contribution in [0.15, 0.2) is 47.4 Å². The van der Waals surface area contributed by atoms with E-state index >= 15 is 0 Å². The van der Waals surface area contributed by atoms with Crippen LogP contribution in [0.25, 0.3) is 0 Å². The van der Waals surface area contributed by atoms with Crippen LogP contribution in [0.5, 0.6) is 0 Å². The normalized spacial score (nSPS) is 18.7. The molecule has 1 aliphatic heterocycles. The molecule has 2 aromatic heterocycles. The molecule has 1 aliphatic rings. The van der Waals surface area contributed by atoms with E-state index in [1.165, 1.54) is 27.1 Å². The minimum atomic E-state index is -1.10. The van der Waals surface area contributed by atoms with Gasteiger partial charge >= 0.3 is 0 Å². The van der Waals surface area contributed by atoms with Crippen LogP contribution < -0.4 is 5.32 Å². The summed E-state index contributed by atoms with van der Waals surface area (Å²) >= 11 is 1.32. The van der Waals surface area contributed by atoms with E-state index in [0.29, 0.717) is 12.2 Å². The zero-order valence-electron chi connectivity index (χ0n) is 15.4. The number of rotatable bonds is 6. The van der Waals surface area contributed by atoms with Gasteiger partial charge in [0.25, 0.3) is 11.8 Å². The average molecular weight is 414 g/mol. The Hall–Kier alpha value is -3.14. The summed E-state index contributed by atoms with van der Waals surface area (Å²) < 4.78 is 15.5. The Morgan fingerprint density at radius 2 is 2.07 bits per heavy atom. The smallest absolute Gasteiger partial charge is 0.273 e. The van der Waals surface area contributed by atoms with E-state index in [0.717, 1.165) is 5.56 Å². The molecular weight excluding hydrogens is 395 g/mol. The number of carbonyl (C=O) groups is 2. The zero-order chi connectivity index (χ0) is 20.2. The number of hydrogen-bond acceptors (Lipinski definition) is 6. The lowest BCUT2D eigenvalue weighted by Crippen LogP contribution is -2.38. The first-order valence-corrected chi connectivity index (χ1v) is 10.1. The Bertz CT molecular complexity index is 978. The largest absolute Gasteiger partial charge is 0.347 e. The van der Waals surface area contributed by atoms with Crippen LogP contribution in [0.4, 0.5) is 4.39 Å². The highest BCUT2D eigenvalue weighted by molar-refractivity contribution is 7.07. The minimum absolute atomic E-state index is 0.0279. The van der Waals surface area contributed by atoms with Gasteiger partial charge in [0.2, 0.25) is 0 Å². The fraction of sp³-hybridized carbons (Fsp3) is 0.316. The van der Waals surface area contributed by atoms with E-state index < -0.39 is 6.17 Å². The Morgan fingerprint density at radius 1 is 1.24 bits per heavy atom. The molecular formula is C19H19FN6O2S. The number of alkyl halides is 1. The van der Waals surface area contributed by atoms with Crippen molar-refractivity contribution in [2.75, 3.05) is 6.54 Å². The molecule has 8 nitrogen and oxygen atoms in total. The van der Waals surface area contributed by atoms with Crippen molar-refractivity contribution in [3.05, 3.63) is 64.4 Å². The number of amides is 2. The van der Waals surface area contributed by atoms with Gasteiger partial charge in [0.15, 0.2) is 5.69 Å². The van der Waals surface area contributed by atoms with E-state index in [1.807, 2.05) is 30.3 Å². The van der Waals surface area contributed by atoms with Gasteiger partial charge in [-0.3, -0.25) is 9.59 Å². The van der Waals surface area contributed by atoms with Crippen molar-refractivity contribution in [1.82, 2.24) is 30.2 Å². The number of likely N-dealkylation sites (tertiary alicyclic amines) is 1. The Kier molecular flexibility index (Phi) is 5.61. The fourth-order valence-corrected chi connectivity index (χ4v) is 3.85. The molecule has 0 bridgehead atoms. The number of thiazole rings is 1. The number of aromatic nitrogens is 4. The average Bonchev–Trinajstić information content (AvgIpc) is 3.48. The summed E-state index contributed by atoms with van der Waals surface area (Å²) in [5.41, 5.74) is 3.04. The van der Waals surface area contributed by atoms with Gasteiger partial charge in [0, 0.05) is 18.3 Å². The molecule has 1 saturated heterocycles. The molecule has 0 radical (unpaired) electrons. The topological polar surface area (TPSA) is 93.0 Å². The van der Waals surface area contributed by atoms with E-state index in [4.69, 9.17) is 0 Å². The van der Waals surface area contributed by atoms with Gasteiger partial charge in [-0.15, -0.1) is 16.4 Å². The van der Waals surface area contributed by atoms with Crippen molar-refractivity contribution in [3.8, 4) is 0 Å². The molecule has 2 unspecified atom stereocenters. The minimum Gasteiger partial charge on any atom is -0.347 e. The lowest BCUT2D eigenvalue weighted by atomic mass is 10.2. The maximum Gasteiger partial charge on any atom is 0.273 e. The number of nitrogens with one attached hydrogen (secondary N) is 1. The summed E-state index contributed by atoms with van der Waals surface area (Å²) in [4.78, 5) is 30.4. The molecule has 29 heavy (non-hydrogen) atoms. The van der Waals surface area contributed by atoms with Gasteiger partial charge < -0.3 is 10.2 Å². The predicted molar refractivity (Wildman–Crippen MR) is 104 cm³/mol. The van der Waals surface area contributed by atoms with E-state index in [-0.39, 0.29) is 43.1 Å². The molecule has 150 valence electrons. The Morgan fingerprint density at radius 3 is 2.83 bits per heavy atom. The molecule has 1 fully saturated rings. The van der Waals surface area contributed by atoms with Crippen LogP contribution in [-0.4, -0.2) is 55.5 Å². The first kappa shape index (κ1) is 19.2. The van der Waals surface area contributed by atoms with Crippen molar-refractivity contribution < 1.29 is 14.0 Å². The summed E-state index contributed by atoms with van der Waals surface area (Å²) in [6, 6.07) is 9.16. The Labute approximate surface area is 170 Å². The highest BCUT2D eigenvalue weighted by Gasteiger charge is 2.36. The van der Waals surface area contributed by atoms with Crippen LogP contribution in [0.2, 0.25) is 0 Å². The van der Waals surface area contributed by atoms with Crippen molar-refractivity contribution >= 4 is 23.2 Å². The van der Waals surface area contributed by atoms with Crippen LogP contribution in [0.1, 0.15) is 33.0 Å². The second-order valence-electron chi connectivity index (χ2n) is 6.81. The third kappa shape index (κ3) is 4.48. The maximum atomic E-state index is 14.0. The third-order valence-electron chi connectivity index (χ3n) is 4.74. The van der Waals surface area contributed by atoms with Gasteiger partial charge in [-0.25, -0.2) is 14.1 Å². The summed E-state index contributed by atoms with van der Waals surface area (Å²) in [6.45, 7) is 0.671. The lowest BCUT2D eigenvalue weighted by Gasteiger charge is -2.23. The Balaban J connectivity index is 1.38. The SMILES string of the molecule is O=C(NCc1ccccc1)c1cn(CC2CC(F)CN2C(=O)c2cscn2)nn1. The molecule has 2 amide bonds. The van der Waals surface area contributed by atoms with Crippen molar-refractivity contribution in [3.63, 3.8) is 0 Å². The van der Waals surface area contributed by atoms with Crippen LogP contribution in [-0.2, 0) is 13.1 Å². The first-order valence-electron chi connectivity index (χ1n) is 9.15. The summed E-state index contributed by atoms with van der Waals surface area (Å²) in [7, 11) is 0. The van der Waals surface area contributed by atoms with Crippen molar-refractivity contribution in [1.29, 1.82) is 0 Å². The zero-order valence-corrected chi connectivity index (χ0v) is 16.3. The van der Waals surface area contributed by atoms with Crippen molar-refractivity contribution in [2.24, 2.45) is 0 Å². The third-order valence-corrected chi connectivity index (χ3v) is 5.33. The van der Waals surface area contributed by atoms with E-state index in [1.54, 1.807) is 10.9 Å². The molecule has 0 spiro atoms. The highest BCUT2D eigenvalue weighted by Crippen LogP contribution is 2.24.